The Kier molecular flexibility index (Phi) is 6.72. The fraction of sp³-hybridized carbons (Fsp3) is 0.806. The highest BCUT2D eigenvalue weighted by Gasteiger charge is 2.60. The second kappa shape index (κ2) is 9.34. The lowest BCUT2D eigenvalue weighted by molar-refractivity contribution is -0.121. The van der Waals surface area contributed by atoms with Crippen molar-refractivity contribution in [3.05, 3.63) is 23.8 Å². The molecule has 4 N–H and O–H groups in total. The first kappa shape index (κ1) is 24.5. The summed E-state index contributed by atoms with van der Waals surface area (Å²) in [6, 6.07) is 5.83. The molecular weight excluding hydrogens is 416 g/mol. The number of benzene rings is 1. The second-order valence-corrected chi connectivity index (χ2v) is 13.3. The summed E-state index contributed by atoms with van der Waals surface area (Å²) < 4.78 is 6.57. The summed E-state index contributed by atoms with van der Waals surface area (Å²) in [7, 11) is 0. The van der Waals surface area contributed by atoms with Gasteiger partial charge in [-0.15, -0.1) is 0 Å². The fourth-order valence-electron chi connectivity index (χ4n) is 10.1. The standard InChI is InChI=1S/C31H50N2O/c1-5-29(34-19-21-16-23(32)18-24(33)17-21)20(2)26-11-12-27-25-10-9-22-8-6-7-14-30(22,3)28(25)13-15-31(26,27)4/h16-18,20,22,25-29H,5-15,19,32-33H2,1-4H3/t20-,22?,25-,26+,27-,28-,29?,30-,31+/m0/s1. The highest BCUT2D eigenvalue weighted by molar-refractivity contribution is 5.54. The molecule has 190 valence electrons. The van der Waals surface area contributed by atoms with Gasteiger partial charge in [0.05, 0.1) is 12.7 Å². The van der Waals surface area contributed by atoms with E-state index < -0.39 is 0 Å². The zero-order chi connectivity index (χ0) is 24.1. The molecule has 0 saturated heterocycles. The van der Waals surface area contributed by atoms with Crippen LogP contribution >= 0.6 is 0 Å². The molecule has 3 nitrogen and oxygen atoms in total. The molecule has 4 aliphatic carbocycles. The first-order valence-corrected chi connectivity index (χ1v) is 14.5. The zero-order valence-corrected chi connectivity index (χ0v) is 22.3. The number of anilines is 2. The predicted molar refractivity (Wildman–Crippen MR) is 143 cm³/mol. The van der Waals surface area contributed by atoms with E-state index in [0.29, 0.717) is 29.5 Å². The molecule has 0 amide bonds. The quantitative estimate of drug-likeness (QED) is 0.420. The van der Waals surface area contributed by atoms with Crippen molar-refractivity contribution in [1.29, 1.82) is 0 Å². The number of fused-ring (bicyclic) bond motifs is 5. The minimum absolute atomic E-state index is 0.299. The Morgan fingerprint density at radius 1 is 0.882 bits per heavy atom. The topological polar surface area (TPSA) is 61.3 Å². The van der Waals surface area contributed by atoms with Crippen LogP contribution in [0.2, 0.25) is 0 Å². The van der Waals surface area contributed by atoms with Crippen molar-refractivity contribution in [3.63, 3.8) is 0 Å². The number of hydrogen-bond donors (Lipinski definition) is 2. The van der Waals surface area contributed by atoms with Gasteiger partial charge in [-0.25, -0.2) is 0 Å². The number of nitrogens with two attached hydrogens (primary N) is 2. The van der Waals surface area contributed by atoms with Crippen molar-refractivity contribution in [2.75, 3.05) is 11.5 Å². The zero-order valence-electron chi connectivity index (χ0n) is 22.3. The van der Waals surface area contributed by atoms with Gasteiger partial charge in [0.1, 0.15) is 0 Å². The summed E-state index contributed by atoms with van der Waals surface area (Å²) in [6.07, 6.45) is 16.1. The normalized spacial score (nSPS) is 41.2. The van der Waals surface area contributed by atoms with Crippen LogP contribution in [0.15, 0.2) is 18.2 Å². The van der Waals surface area contributed by atoms with Crippen molar-refractivity contribution in [3.8, 4) is 0 Å². The Hall–Kier alpha value is -1.22. The molecule has 0 bridgehead atoms. The smallest absolute Gasteiger partial charge is 0.0722 e. The third-order valence-electron chi connectivity index (χ3n) is 11.8. The third-order valence-corrected chi connectivity index (χ3v) is 11.8. The Balaban J connectivity index is 1.29. The first-order chi connectivity index (χ1) is 16.3. The van der Waals surface area contributed by atoms with Gasteiger partial charge < -0.3 is 16.2 Å². The van der Waals surface area contributed by atoms with Crippen LogP contribution in [-0.2, 0) is 11.3 Å². The Labute approximate surface area is 208 Å². The molecule has 4 fully saturated rings. The number of hydrogen-bond acceptors (Lipinski definition) is 3. The van der Waals surface area contributed by atoms with Crippen LogP contribution in [0.4, 0.5) is 11.4 Å². The minimum Gasteiger partial charge on any atom is -0.399 e. The second-order valence-electron chi connectivity index (χ2n) is 13.3. The maximum atomic E-state index is 6.57. The van der Waals surface area contributed by atoms with Gasteiger partial charge in [0.25, 0.3) is 0 Å². The summed E-state index contributed by atoms with van der Waals surface area (Å²) >= 11 is 0. The van der Waals surface area contributed by atoms with Crippen LogP contribution in [0.1, 0.15) is 104 Å². The molecule has 2 unspecified atom stereocenters. The van der Waals surface area contributed by atoms with Crippen LogP contribution in [0.25, 0.3) is 0 Å². The molecule has 1 aromatic carbocycles. The monoisotopic (exact) mass is 466 g/mol. The van der Waals surface area contributed by atoms with Crippen LogP contribution in [0, 0.1) is 46.3 Å². The van der Waals surface area contributed by atoms with Gasteiger partial charge >= 0.3 is 0 Å². The third kappa shape index (κ3) is 4.08. The predicted octanol–water partition coefficient (Wildman–Crippen LogP) is 7.83. The molecule has 0 aromatic heterocycles. The number of ether oxygens (including phenoxy) is 1. The molecule has 5 rings (SSSR count). The van der Waals surface area contributed by atoms with E-state index in [1.54, 1.807) is 0 Å². The van der Waals surface area contributed by atoms with E-state index in [4.69, 9.17) is 16.2 Å². The SMILES string of the molecule is CCC(OCc1cc(N)cc(N)c1)[C@@H](C)[C@H]1CC[C@H]2[C@@H]3CCC4CCCC[C@]4(C)[C@H]3CC[C@]12C. The Bertz CT molecular complexity index is 849. The summed E-state index contributed by atoms with van der Waals surface area (Å²) in [5, 5.41) is 0. The van der Waals surface area contributed by atoms with Crippen LogP contribution < -0.4 is 11.5 Å². The van der Waals surface area contributed by atoms with Gasteiger partial charge in [-0.1, -0.05) is 40.5 Å². The average Bonchev–Trinajstić information content (AvgIpc) is 3.15. The lowest BCUT2D eigenvalue weighted by atomic mass is 9.44. The molecule has 0 heterocycles. The molecule has 9 atom stereocenters. The summed E-state index contributed by atoms with van der Waals surface area (Å²) in [4.78, 5) is 0. The molecule has 34 heavy (non-hydrogen) atoms. The van der Waals surface area contributed by atoms with E-state index in [1.165, 1.54) is 64.2 Å². The highest BCUT2D eigenvalue weighted by atomic mass is 16.5. The lowest BCUT2D eigenvalue weighted by Gasteiger charge is -2.61. The van der Waals surface area contributed by atoms with Gasteiger partial charge in [0.2, 0.25) is 0 Å². The molecular formula is C31H50N2O. The van der Waals surface area contributed by atoms with E-state index in [-0.39, 0.29) is 0 Å². The van der Waals surface area contributed by atoms with Gasteiger partial charge in [-0.3, -0.25) is 0 Å². The number of rotatable bonds is 6. The maximum Gasteiger partial charge on any atom is 0.0722 e. The molecule has 4 aliphatic rings. The van der Waals surface area contributed by atoms with Crippen molar-refractivity contribution >= 4 is 11.4 Å². The summed E-state index contributed by atoms with van der Waals surface area (Å²) in [5.41, 5.74) is 15.7. The van der Waals surface area contributed by atoms with E-state index in [1.807, 2.05) is 18.2 Å². The molecule has 1 aromatic rings. The summed E-state index contributed by atoms with van der Waals surface area (Å²) in [5.74, 6) is 5.30. The average molecular weight is 467 g/mol. The van der Waals surface area contributed by atoms with Gasteiger partial charge in [-0.05, 0) is 128 Å². The Morgan fingerprint density at radius 2 is 1.62 bits per heavy atom. The minimum atomic E-state index is 0.299. The summed E-state index contributed by atoms with van der Waals surface area (Å²) in [6.45, 7) is 10.8. The first-order valence-electron chi connectivity index (χ1n) is 14.5. The van der Waals surface area contributed by atoms with Crippen molar-refractivity contribution < 1.29 is 4.74 Å². The molecule has 3 heteroatoms. The van der Waals surface area contributed by atoms with Gasteiger partial charge in [-0.2, -0.15) is 0 Å². The van der Waals surface area contributed by atoms with E-state index in [0.717, 1.165) is 52.9 Å². The largest absolute Gasteiger partial charge is 0.399 e. The highest BCUT2D eigenvalue weighted by Crippen LogP contribution is 2.68. The van der Waals surface area contributed by atoms with Crippen molar-refractivity contribution in [2.45, 2.75) is 111 Å². The van der Waals surface area contributed by atoms with Crippen LogP contribution in [0.3, 0.4) is 0 Å². The molecule has 0 radical (unpaired) electrons. The fourth-order valence-corrected chi connectivity index (χ4v) is 10.1. The van der Waals surface area contributed by atoms with E-state index in [9.17, 15) is 0 Å². The van der Waals surface area contributed by atoms with E-state index >= 15 is 0 Å². The molecule has 0 aliphatic heterocycles. The molecule has 0 spiro atoms. The van der Waals surface area contributed by atoms with Gasteiger partial charge in [0.15, 0.2) is 0 Å². The van der Waals surface area contributed by atoms with Crippen LogP contribution in [-0.4, -0.2) is 6.10 Å². The lowest BCUT2D eigenvalue weighted by Crippen LogP contribution is -2.53. The van der Waals surface area contributed by atoms with Crippen molar-refractivity contribution in [2.24, 2.45) is 46.3 Å². The Morgan fingerprint density at radius 3 is 2.35 bits per heavy atom. The van der Waals surface area contributed by atoms with Crippen molar-refractivity contribution in [1.82, 2.24) is 0 Å². The van der Waals surface area contributed by atoms with Gasteiger partial charge in [0, 0.05) is 11.4 Å². The number of nitrogen functional groups attached to an aromatic ring is 2. The van der Waals surface area contributed by atoms with Crippen LogP contribution in [0.5, 0.6) is 0 Å². The maximum absolute atomic E-state index is 6.57. The molecule has 4 saturated carbocycles. The van der Waals surface area contributed by atoms with E-state index in [2.05, 4.69) is 27.7 Å².